The van der Waals surface area contributed by atoms with Crippen molar-refractivity contribution in [2.24, 2.45) is 0 Å². The minimum atomic E-state index is 0.188. The van der Waals surface area contributed by atoms with E-state index in [0.717, 1.165) is 12.8 Å². The third-order valence-electron chi connectivity index (χ3n) is 7.91. The fraction of sp³-hybridized carbons (Fsp3) is 0.455. The molecule has 0 N–H and O–H groups in total. The summed E-state index contributed by atoms with van der Waals surface area (Å²) in [7, 11) is 0. The van der Waals surface area contributed by atoms with Crippen LogP contribution in [0.2, 0.25) is 0 Å². The SMILES string of the molecule is CCCC(C)(C)c1ccc(N(c2ccc(C(C)CC)cc2)c2ccc(C(C)(C)CC)cc2)cc1. The number of anilines is 3. The number of nitrogens with zero attached hydrogens (tertiary/aromatic N) is 1. The molecule has 0 radical (unpaired) electrons. The molecule has 0 aliphatic rings. The molecule has 1 heteroatoms. The molecule has 3 aromatic carbocycles. The molecule has 0 aliphatic heterocycles. The number of hydrogen-bond acceptors (Lipinski definition) is 1. The van der Waals surface area contributed by atoms with Crippen molar-refractivity contribution >= 4 is 17.1 Å². The van der Waals surface area contributed by atoms with Crippen molar-refractivity contribution in [3.05, 3.63) is 89.5 Å². The molecule has 0 aliphatic carbocycles. The molecular weight excluding hydrogens is 410 g/mol. The molecular formula is C33H45N. The van der Waals surface area contributed by atoms with Gasteiger partial charge in [-0.15, -0.1) is 0 Å². The highest BCUT2D eigenvalue weighted by Crippen LogP contribution is 2.38. The summed E-state index contributed by atoms with van der Waals surface area (Å²) < 4.78 is 0. The van der Waals surface area contributed by atoms with E-state index in [0.29, 0.717) is 5.92 Å². The minimum Gasteiger partial charge on any atom is -0.311 e. The van der Waals surface area contributed by atoms with Gasteiger partial charge < -0.3 is 4.90 Å². The van der Waals surface area contributed by atoms with Gasteiger partial charge in [-0.3, -0.25) is 0 Å². The second-order valence-corrected chi connectivity index (χ2v) is 11.2. The van der Waals surface area contributed by atoms with Crippen molar-refractivity contribution < 1.29 is 0 Å². The van der Waals surface area contributed by atoms with E-state index >= 15 is 0 Å². The van der Waals surface area contributed by atoms with E-state index in [4.69, 9.17) is 0 Å². The Morgan fingerprint density at radius 2 is 1.03 bits per heavy atom. The zero-order chi connectivity index (χ0) is 24.9. The molecule has 0 spiro atoms. The molecule has 0 fully saturated rings. The summed E-state index contributed by atoms with van der Waals surface area (Å²) in [6.07, 6.45) is 4.68. The lowest BCUT2D eigenvalue weighted by Gasteiger charge is -2.29. The first-order chi connectivity index (χ1) is 16.1. The van der Waals surface area contributed by atoms with Crippen molar-refractivity contribution in [1.82, 2.24) is 0 Å². The highest BCUT2D eigenvalue weighted by atomic mass is 15.1. The molecule has 1 unspecified atom stereocenters. The number of rotatable bonds is 10. The Labute approximate surface area is 209 Å². The summed E-state index contributed by atoms with van der Waals surface area (Å²) >= 11 is 0. The first-order valence-corrected chi connectivity index (χ1v) is 13.2. The van der Waals surface area contributed by atoms with Gasteiger partial charge in [-0.25, -0.2) is 0 Å². The van der Waals surface area contributed by atoms with Gasteiger partial charge in [0.1, 0.15) is 0 Å². The Kier molecular flexibility index (Phi) is 8.29. The second-order valence-electron chi connectivity index (χ2n) is 11.2. The number of hydrogen-bond donors (Lipinski definition) is 0. The van der Waals surface area contributed by atoms with Gasteiger partial charge >= 0.3 is 0 Å². The lowest BCUT2D eigenvalue weighted by molar-refractivity contribution is 0.473. The van der Waals surface area contributed by atoms with E-state index in [-0.39, 0.29) is 10.8 Å². The van der Waals surface area contributed by atoms with Gasteiger partial charge in [0.2, 0.25) is 0 Å². The summed E-state index contributed by atoms with van der Waals surface area (Å²) in [4.78, 5) is 2.39. The molecule has 3 aromatic rings. The standard InChI is InChI=1S/C33H45N/c1-9-24-33(7,8)28-16-22-31(23-17-28)34(29-18-12-26(13-19-29)25(4)10-2)30-20-14-27(15-21-30)32(5,6)11-3/h12-23,25H,9-11,24H2,1-8H3. The van der Waals surface area contributed by atoms with E-state index < -0.39 is 0 Å². The maximum atomic E-state index is 2.39. The van der Waals surface area contributed by atoms with Crippen LogP contribution in [-0.2, 0) is 10.8 Å². The van der Waals surface area contributed by atoms with Crippen LogP contribution in [0.4, 0.5) is 17.1 Å². The molecule has 0 saturated carbocycles. The maximum Gasteiger partial charge on any atom is 0.0461 e. The normalized spacial score (nSPS) is 13.1. The molecule has 1 atom stereocenters. The van der Waals surface area contributed by atoms with E-state index in [9.17, 15) is 0 Å². The van der Waals surface area contributed by atoms with E-state index in [2.05, 4.69) is 133 Å². The van der Waals surface area contributed by atoms with Crippen LogP contribution in [0.3, 0.4) is 0 Å². The van der Waals surface area contributed by atoms with Crippen molar-refractivity contribution in [3.8, 4) is 0 Å². The zero-order valence-electron chi connectivity index (χ0n) is 22.8. The van der Waals surface area contributed by atoms with Crippen molar-refractivity contribution in [2.45, 2.75) is 97.8 Å². The van der Waals surface area contributed by atoms with Crippen molar-refractivity contribution in [1.29, 1.82) is 0 Å². The molecule has 3 rings (SSSR count). The Balaban J connectivity index is 2.04. The minimum absolute atomic E-state index is 0.188. The van der Waals surface area contributed by atoms with Crippen LogP contribution in [0.1, 0.15) is 104 Å². The van der Waals surface area contributed by atoms with Crippen molar-refractivity contribution in [3.63, 3.8) is 0 Å². The summed E-state index contributed by atoms with van der Waals surface area (Å²) in [5.74, 6) is 0.582. The highest BCUT2D eigenvalue weighted by molar-refractivity contribution is 5.77. The first-order valence-electron chi connectivity index (χ1n) is 13.2. The maximum absolute atomic E-state index is 2.39. The Morgan fingerprint density at radius 1 is 0.618 bits per heavy atom. The quantitative estimate of drug-likeness (QED) is 0.294. The lowest BCUT2D eigenvalue weighted by Crippen LogP contribution is -2.17. The summed E-state index contributed by atoms with van der Waals surface area (Å²) in [5, 5.41) is 0. The van der Waals surface area contributed by atoms with E-state index in [1.165, 1.54) is 46.6 Å². The average Bonchev–Trinajstić information content (AvgIpc) is 2.85. The Morgan fingerprint density at radius 3 is 1.41 bits per heavy atom. The van der Waals surface area contributed by atoms with Crippen LogP contribution >= 0.6 is 0 Å². The van der Waals surface area contributed by atoms with Gasteiger partial charge in [0.05, 0.1) is 0 Å². The van der Waals surface area contributed by atoms with Gasteiger partial charge in [0.25, 0.3) is 0 Å². The van der Waals surface area contributed by atoms with Crippen LogP contribution in [-0.4, -0.2) is 0 Å². The van der Waals surface area contributed by atoms with E-state index in [1.807, 2.05) is 0 Å². The third kappa shape index (κ3) is 5.74. The highest BCUT2D eigenvalue weighted by Gasteiger charge is 2.21. The largest absolute Gasteiger partial charge is 0.311 e. The van der Waals surface area contributed by atoms with Gasteiger partial charge in [-0.1, -0.05) is 98.2 Å². The summed E-state index contributed by atoms with van der Waals surface area (Å²) in [5.41, 5.74) is 8.20. The fourth-order valence-corrected chi connectivity index (χ4v) is 4.73. The molecule has 0 heterocycles. The van der Waals surface area contributed by atoms with Crippen LogP contribution in [0.5, 0.6) is 0 Å². The summed E-state index contributed by atoms with van der Waals surface area (Å²) in [6, 6.07) is 27.5. The molecule has 0 aromatic heterocycles. The molecule has 0 amide bonds. The molecule has 0 saturated heterocycles. The van der Waals surface area contributed by atoms with Crippen molar-refractivity contribution in [2.75, 3.05) is 4.90 Å². The van der Waals surface area contributed by atoms with Crippen LogP contribution in [0.15, 0.2) is 72.8 Å². The molecule has 0 bridgehead atoms. The fourth-order valence-electron chi connectivity index (χ4n) is 4.73. The molecule has 34 heavy (non-hydrogen) atoms. The van der Waals surface area contributed by atoms with Gasteiger partial charge in [-0.2, -0.15) is 0 Å². The molecule has 182 valence electrons. The lowest BCUT2D eigenvalue weighted by atomic mass is 9.80. The topological polar surface area (TPSA) is 3.24 Å². The van der Waals surface area contributed by atoms with Gasteiger partial charge in [-0.05, 0) is 89.1 Å². The van der Waals surface area contributed by atoms with Gasteiger partial charge in [0, 0.05) is 17.1 Å². The van der Waals surface area contributed by atoms with Crippen LogP contribution < -0.4 is 4.90 Å². The monoisotopic (exact) mass is 455 g/mol. The van der Waals surface area contributed by atoms with Crippen LogP contribution in [0, 0.1) is 0 Å². The summed E-state index contributed by atoms with van der Waals surface area (Å²) in [6.45, 7) is 18.4. The predicted octanol–water partition coefficient (Wildman–Crippen LogP) is 10.4. The van der Waals surface area contributed by atoms with Gasteiger partial charge in [0.15, 0.2) is 0 Å². The number of benzene rings is 3. The van der Waals surface area contributed by atoms with Crippen LogP contribution in [0.25, 0.3) is 0 Å². The smallest absolute Gasteiger partial charge is 0.0461 e. The average molecular weight is 456 g/mol. The predicted molar refractivity (Wildman–Crippen MR) is 151 cm³/mol. The third-order valence-corrected chi connectivity index (χ3v) is 7.91. The first kappa shape index (κ1) is 26.1. The second kappa shape index (κ2) is 10.8. The Bertz CT molecular complexity index is 1020. The zero-order valence-corrected chi connectivity index (χ0v) is 22.8. The van der Waals surface area contributed by atoms with E-state index in [1.54, 1.807) is 0 Å². The molecule has 1 nitrogen and oxygen atoms in total. The Hall–Kier alpha value is -2.54.